The van der Waals surface area contributed by atoms with Gasteiger partial charge in [-0.15, -0.1) is 11.3 Å². The van der Waals surface area contributed by atoms with Gasteiger partial charge in [-0.2, -0.15) is 0 Å². The first-order chi connectivity index (χ1) is 19.3. The number of aryl methyl sites for hydroxylation is 2. The fourth-order valence-electron chi connectivity index (χ4n) is 4.00. The lowest BCUT2D eigenvalue weighted by atomic mass is 10.1. The highest BCUT2D eigenvalue weighted by molar-refractivity contribution is 7.18. The Hall–Kier alpha value is -3.75. The summed E-state index contributed by atoms with van der Waals surface area (Å²) < 4.78 is 7.46. The SMILES string of the molecule is Cc1ccccc1.Cn1cc(C(=O)NCc2ccc(Cl)cc2)c(=O)c2cc(COCC(O)c3ccccc3)sc21. The van der Waals surface area contributed by atoms with Crippen molar-refractivity contribution in [3.8, 4) is 0 Å². The molecule has 8 heteroatoms. The Kier molecular flexibility index (Phi) is 10.3. The number of halogens is 1. The van der Waals surface area contributed by atoms with E-state index in [4.69, 9.17) is 16.3 Å². The minimum atomic E-state index is -0.720. The van der Waals surface area contributed by atoms with Gasteiger partial charge < -0.3 is 19.7 Å². The number of carbonyl (C=O) groups excluding carboxylic acids is 1. The monoisotopic (exact) mass is 574 g/mol. The number of hydrogen-bond acceptors (Lipinski definition) is 5. The van der Waals surface area contributed by atoms with Crippen LogP contribution in [0.4, 0.5) is 0 Å². The first-order valence-corrected chi connectivity index (χ1v) is 14.0. The topological polar surface area (TPSA) is 80.6 Å². The minimum absolute atomic E-state index is 0.0868. The quantitative estimate of drug-likeness (QED) is 0.224. The summed E-state index contributed by atoms with van der Waals surface area (Å²) in [6.07, 6.45) is 0.838. The van der Waals surface area contributed by atoms with Crippen LogP contribution in [0.1, 0.15) is 38.0 Å². The van der Waals surface area contributed by atoms with E-state index in [-0.39, 0.29) is 24.2 Å². The van der Waals surface area contributed by atoms with Crippen LogP contribution < -0.4 is 10.7 Å². The number of aliphatic hydroxyl groups excluding tert-OH is 1. The molecular weight excluding hydrogens is 544 g/mol. The highest BCUT2D eigenvalue weighted by Crippen LogP contribution is 2.25. The molecule has 40 heavy (non-hydrogen) atoms. The average Bonchev–Trinajstić information content (AvgIpc) is 3.41. The van der Waals surface area contributed by atoms with E-state index in [1.54, 1.807) is 36.0 Å². The molecule has 206 valence electrons. The summed E-state index contributed by atoms with van der Waals surface area (Å²) in [6, 6.07) is 28.5. The third-order valence-electron chi connectivity index (χ3n) is 6.15. The summed E-state index contributed by atoms with van der Waals surface area (Å²) in [5, 5.41) is 14.1. The number of carbonyl (C=O) groups is 1. The Labute approximate surface area is 242 Å². The van der Waals surface area contributed by atoms with E-state index in [9.17, 15) is 14.7 Å². The van der Waals surface area contributed by atoms with Crippen LogP contribution in [0, 0.1) is 6.92 Å². The Morgan fingerprint density at radius 2 is 1.68 bits per heavy atom. The van der Waals surface area contributed by atoms with E-state index in [2.05, 4.69) is 24.4 Å². The van der Waals surface area contributed by atoms with Gasteiger partial charge >= 0.3 is 0 Å². The van der Waals surface area contributed by atoms with Gasteiger partial charge in [0, 0.05) is 29.7 Å². The number of pyridine rings is 1. The maximum atomic E-state index is 13.0. The number of fused-ring (bicyclic) bond motifs is 1. The maximum absolute atomic E-state index is 13.0. The summed E-state index contributed by atoms with van der Waals surface area (Å²) >= 11 is 7.32. The zero-order valence-corrected chi connectivity index (χ0v) is 23.9. The maximum Gasteiger partial charge on any atom is 0.257 e. The molecule has 1 atom stereocenters. The van der Waals surface area contributed by atoms with E-state index >= 15 is 0 Å². The smallest absolute Gasteiger partial charge is 0.257 e. The minimum Gasteiger partial charge on any atom is -0.386 e. The number of hydrogen-bond donors (Lipinski definition) is 2. The Morgan fingerprint density at radius 3 is 2.30 bits per heavy atom. The van der Waals surface area contributed by atoms with Gasteiger partial charge in [-0.1, -0.05) is 90.0 Å². The van der Waals surface area contributed by atoms with Crippen molar-refractivity contribution >= 4 is 39.1 Å². The number of aliphatic hydroxyl groups is 1. The summed E-state index contributed by atoms with van der Waals surface area (Å²) in [5.41, 5.74) is 2.77. The Morgan fingerprint density at radius 1 is 1.02 bits per heavy atom. The number of benzene rings is 3. The van der Waals surface area contributed by atoms with Gasteiger partial charge in [0.15, 0.2) is 0 Å². The van der Waals surface area contributed by atoms with Crippen molar-refractivity contribution in [1.29, 1.82) is 0 Å². The third-order valence-corrected chi connectivity index (χ3v) is 7.60. The van der Waals surface area contributed by atoms with Crippen LogP contribution in [0.25, 0.3) is 10.2 Å². The Bertz CT molecular complexity index is 1600. The van der Waals surface area contributed by atoms with Crippen molar-refractivity contribution in [2.75, 3.05) is 6.61 Å². The Balaban J connectivity index is 0.000000461. The first kappa shape index (κ1) is 29.2. The normalized spacial score (nSPS) is 11.5. The molecule has 0 aliphatic heterocycles. The number of rotatable bonds is 8. The van der Waals surface area contributed by atoms with E-state index in [1.165, 1.54) is 16.9 Å². The molecule has 0 saturated carbocycles. The molecule has 6 nitrogen and oxygen atoms in total. The van der Waals surface area contributed by atoms with Crippen molar-refractivity contribution in [2.45, 2.75) is 26.2 Å². The van der Waals surface area contributed by atoms with Crippen molar-refractivity contribution in [2.24, 2.45) is 7.05 Å². The second kappa shape index (κ2) is 14.1. The second-order valence-corrected chi connectivity index (χ2v) is 10.9. The predicted molar refractivity (Wildman–Crippen MR) is 162 cm³/mol. The molecule has 0 aliphatic carbocycles. The van der Waals surface area contributed by atoms with Crippen LogP contribution in [-0.4, -0.2) is 22.2 Å². The molecular formula is C32H31ClN2O4S. The van der Waals surface area contributed by atoms with Gasteiger partial charge in [-0.3, -0.25) is 9.59 Å². The molecule has 2 N–H and O–H groups in total. The molecule has 5 aromatic rings. The zero-order chi connectivity index (χ0) is 28.5. The van der Waals surface area contributed by atoms with Gasteiger partial charge in [0.25, 0.3) is 5.91 Å². The van der Waals surface area contributed by atoms with Crippen LogP contribution in [0.3, 0.4) is 0 Å². The van der Waals surface area contributed by atoms with E-state index in [1.807, 2.05) is 60.7 Å². The molecule has 1 unspecified atom stereocenters. The van der Waals surface area contributed by atoms with Gasteiger partial charge in [0.05, 0.1) is 18.6 Å². The van der Waals surface area contributed by atoms with Crippen molar-refractivity contribution in [3.63, 3.8) is 0 Å². The van der Waals surface area contributed by atoms with Gasteiger partial charge in [0.2, 0.25) is 5.43 Å². The molecule has 0 bridgehead atoms. The molecule has 0 aliphatic rings. The number of aromatic nitrogens is 1. The molecule has 1 amide bonds. The zero-order valence-electron chi connectivity index (χ0n) is 22.3. The number of nitrogens with one attached hydrogen (secondary N) is 1. The first-order valence-electron chi connectivity index (χ1n) is 12.8. The number of amides is 1. The van der Waals surface area contributed by atoms with Crippen LogP contribution in [0.15, 0.2) is 102 Å². The fraction of sp³-hybridized carbons (Fsp3) is 0.188. The molecule has 5 rings (SSSR count). The summed E-state index contributed by atoms with van der Waals surface area (Å²) in [4.78, 5) is 27.3. The highest BCUT2D eigenvalue weighted by Gasteiger charge is 2.17. The molecule has 0 radical (unpaired) electrons. The lowest BCUT2D eigenvalue weighted by Crippen LogP contribution is -2.29. The van der Waals surface area contributed by atoms with Crippen LogP contribution in [0.2, 0.25) is 5.02 Å². The lowest BCUT2D eigenvalue weighted by molar-refractivity contribution is 0.0287. The van der Waals surface area contributed by atoms with Crippen LogP contribution in [0.5, 0.6) is 0 Å². The van der Waals surface area contributed by atoms with Gasteiger partial charge in [-0.05, 0) is 36.2 Å². The molecule has 0 spiro atoms. The molecule has 0 fully saturated rings. The number of thiophene rings is 1. The average molecular weight is 575 g/mol. The lowest BCUT2D eigenvalue weighted by Gasteiger charge is -2.10. The largest absolute Gasteiger partial charge is 0.386 e. The van der Waals surface area contributed by atoms with Crippen molar-refractivity contribution in [3.05, 3.63) is 140 Å². The molecule has 3 aromatic carbocycles. The van der Waals surface area contributed by atoms with Crippen LogP contribution in [-0.2, 0) is 24.9 Å². The second-order valence-electron chi connectivity index (χ2n) is 9.32. The summed E-state index contributed by atoms with van der Waals surface area (Å²) in [6.45, 7) is 2.79. The predicted octanol–water partition coefficient (Wildman–Crippen LogP) is 6.43. The number of nitrogens with zero attached hydrogens (tertiary/aromatic N) is 1. The summed E-state index contributed by atoms with van der Waals surface area (Å²) in [7, 11) is 1.80. The van der Waals surface area contributed by atoms with E-state index in [0.717, 1.165) is 20.8 Å². The van der Waals surface area contributed by atoms with Crippen molar-refractivity contribution in [1.82, 2.24) is 9.88 Å². The highest BCUT2D eigenvalue weighted by atomic mass is 35.5. The van der Waals surface area contributed by atoms with E-state index < -0.39 is 12.0 Å². The number of ether oxygens (including phenoxy) is 1. The fourth-order valence-corrected chi connectivity index (χ4v) is 5.15. The molecule has 0 saturated heterocycles. The third kappa shape index (κ3) is 7.90. The standard InChI is InChI=1S/C25H23ClN2O4S.C7H8/c1-28-13-21(24(31)27-12-16-7-9-18(26)10-8-16)23(30)20-11-19(33-25(20)28)14-32-15-22(29)17-5-3-2-4-6-17;1-7-5-3-2-4-6-7/h2-11,13,22,29H,12,14-15H2,1H3,(H,27,31);2-6H,1H3. The van der Waals surface area contributed by atoms with Gasteiger partial charge in [0.1, 0.15) is 16.5 Å². The van der Waals surface area contributed by atoms with Crippen molar-refractivity contribution < 1.29 is 14.6 Å². The molecule has 2 heterocycles. The van der Waals surface area contributed by atoms with Gasteiger partial charge in [-0.25, -0.2) is 0 Å². The molecule has 2 aromatic heterocycles. The van der Waals surface area contributed by atoms with E-state index in [0.29, 0.717) is 17.0 Å². The summed E-state index contributed by atoms with van der Waals surface area (Å²) in [5.74, 6) is -0.428. The van der Waals surface area contributed by atoms with Crippen LogP contribution >= 0.6 is 22.9 Å².